The maximum Gasteiger partial charge on any atom is 0.528 e. The maximum atomic E-state index is 14.3. The van der Waals surface area contributed by atoms with Gasteiger partial charge in [0.2, 0.25) is 0 Å². The van der Waals surface area contributed by atoms with Gasteiger partial charge in [-0.05, 0) is 53.4 Å². The lowest BCUT2D eigenvalue weighted by molar-refractivity contribution is -0.152. The van der Waals surface area contributed by atoms with Crippen LogP contribution in [0.5, 0.6) is 5.75 Å². The molecule has 1 aliphatic heterocycles. The van der Waals surface area contributed by atoms with Gasteiger partial charge >= 0.3 is 12.1 Å². The molecule has 4 rings (SSSR count). The first kappa shape index (κ1) is 24.6. The topological polar surface area (TPSA) is 109 Å². The molecule has 184 valence electrons. The minimum absolute atomic E-state index is 0.0501. The Morgan fingerprint density at radius 2 is 1.81 bits per heavy atom. The number of hydrogen-bond acceptors (Lipinski definition) is 7. The third kappa shape index (κ3) is 5.59. The van der Waals surface area contributed by atoms with Crippen LogP contribution in [0.2, 0.25) is 0 Å². The molecule has 36 heavy (non-hydrogen) atoms. The van der Waals surface area contributed by atoms with Crippen LogP contribution in [-0.2, 0) is 27.4 Å². The predicted molar refractivity (Wildman–Crippen MR) is 121 cm³/mol. The Hall–Kier alpha value is -4.49. The number of fused-ring (bicyclic) bond motifs is 1. The molecule has 0 spiro atoms. The van der Waals surface area contributed by atoms with E-state index in [2.05, 4.69) is 0 Å². The number of hydroxylamine groups is 2. The van der Waals surface area contributed by atoms with Gasteiger partial charge in [-0.2, -0.15) is 5.26 Å². The average Bonchev–Trinajstić information content (AvgIpc) is 2.87. The zero-order chi connectivity index (χ0) is 25.7. The molecule has 8 nitrogen and oxygen atoms in total. The van der Waals surface area contributed by atoms with E-state index in [1.54, 1.807) is 24.3 Å². The van der Waals surface area contributed by atoms with E-state index in [9.17, 15) is 23.6 Å². The summed E-state index contributed by atoms with van der Waals surface area (Å²) in [6, 6.07) is 16.2. The second kappa shape index (κ2) is 10.8. The number of carboxylic acid groups (broad SMARTS) is 1. The van der Waals surface area contributed by atoms with Crippen LogP contribution in [-0.4, -0.2) is 35.4 Å². The third-order valence-electron chi connectivity index (χ3n) is 5.54. The quantitative estimate of drug-likeness (QED) is 0.478. The third-order valence-corrected chi connectivity index (χ3v) is 5.54. The van der Waals surface area contributed by atoms with E-state index in [-0.39, 0.29) is 42.0 Å². The number of nitrogens with zero attached hydrogens (tertiary/aromatic N) is 2. The van der Waals surface area contributed by atoms with Crippen molar-refractivity contribution >= 4 is 12.1 Å². The summed E-state index contributed by atoms with van der Waals surface area (Å²) < 4.78 is 38.9. The summed E-state index contributed by atoms with van der Waals surface area (Å²) in [7, 11) is 0. The molecule has 3 aromatic carbocycles. The fourth-order valence-corrected chi connectivity index (χ4v) is 3.95. The van der Waals surface area contributed by atoms with Gasteiger partial charge in [0.15, 0.2) is 18.2 Å². The van der Waals surface area contributed by atoms with Gasteiger partial charge in [0.05, 0.1) is 11.6 Å². The second-order valence-corrected chi connectivity index (χ2v) is 7.92. The van der Waals surface area contributed by atoms with E-state index in [1.807, 2.05) is 12.1 Å². The summed E-state index contributed by atoms with van der Waals surface area (Å²) in [4.78, 5) is 29.1. The number of ether oxygens (including phenoxy) is 2. The first-order valence-corrected chi connectivity index (χ1v) is 10.9. The van der Waals surface area contributed by atoms with Crippen LogP contribution in [0.1, 0.15) is 33.9 Å². The monoisotopic (exact) mass is 494 g/mol. The Kier molecular flexibility index (Phi) is 7.42. The van der Waals surface area contributed by atoms with Gasteiger partial charge < -0.3 is 19.4 Å². The summed E-state index contributed by atoms with van der Waals surface area (Å²) in [6.07, 6.45) is -0.808. The first-order valence-electron chi connectivity index (χ1n) is 10.9. The summed E-state index contributed by atoms with van der Waals surface area (Å²) in [6.45, 7) is -0.653. The molecule has 1 heterocycles. The van der Waals surface area contributed by atoms with E-state index in [0.29, 0.717) is 5.56 Å². The number of rotatable bonds is 7. The summed E-state index contributed by atoms with van der Waals surface area (Å²) >= 11 is 0. The van der Waals surface area contributed by atoms with E-state index < -0.39 is 36.4 Å². The lowest BCUT2D eigenvalue weighted by Gasteiger charge is -2.36. The fraction of sp³-hybridized carbons (Fsp3) is 0.192. The number of halogens is 2. The Morgan fingerprint density at radius 1 is 1.06 bits per heavy atom. The van der Waals surface area contributed by atoms with E-state index >= 15 is 0 Å². The summed E-state index contributed by atoms with van der Waals surface area (Å²) in [5.74, 6) is -3.31. The molecule has 10 heteroatoms. The van der Waals surface area contributed by atoms with Crippen molar-refractivity contribution in [3.63, 3.8) is 0 Å². The largest absolute Gasteiger partial charge is 0.528 e. The van der Waals surface area contributed by atoms with Gasteiger partial charge in [-0.1, -0.05) is 30.3 Å². The van der Waals surface area contributed by atoms with Crippen molar-refractivity contribution in [2.24, 2.45) is 0 Å². The fourth-order valence-electron chi connectivity index (χ4n) is 3.95. The highest BCUT2D eigenvalue weighted by atomic mass is 19.2. The number of benzene rings is 3. The van der Waals surface area contributed by atoms with Crippen molar-refractivity contribution in [3.8, 4) is 11.8 Å². The zero-order valence-corrected chi connectivity index (χ0v) is 18.8. The highest BCUT2D eigenvalue weighted by molar-refractivity contribution is 5.68. The van der Waals surface area contributed by atoms with Crippen molar-refractivity contribution < 1.29 is 37.8 Å². The summed E-state index contributed by atoms with van der Waals surface area (Å²) in [5, 5.41) is 19.7. The van der Waals surface area contributed by atoms with Gasteiger partial charge in [-0.3, -0.25) is 0 Å². The molecule has 1 aliphatic rings. The first-order chi connectivity index (χ1) is 17.4. The van der Waals surface area contributed by atoms with Crippen LogP contribution in [0.4, 0.5) is 13.6 Å². The van der Waals surface area contributed by atoms with Gasteiger partial charge in [0.25, 0.3) is 0 Å². The predicted octanol–water partition coefficient (Wildman–Crippen LogP) is 4.52. The zero-order valence-electron chi connectivity index (χ0n) is 18.8. The molecular weight excluding hydrogens is 474 g/mol. The van der Waals surface area contributed by atoms with Gasteiger partial charge in [-0.25, -0.2) is 18.4 Å². The van der Waals surface area contributed by atoms with Crippen molar-refractivity contribution in [2.75, 3.05) is 13.2 Å². The molecule has 0 amide bonds. The van der Waals surface area contributed by atoms with E-state index in [1.165, 1.54) is 23.3 Å². The van der Waals surface area contributed by atoms with Crippen LogP contribution in [0, 0.1) is 23.0 Å². The highest BCUT2D eigenvalue weighted by Crippen LogP contribution is 2.40. The standard InChI is InChI=1S/C26H20F2N2O6/c27-21-11-18-8-9-30(36-26(33)35-14-16-4-2-1-3-5-16)25(19(18)12-22(21)28)20-10-17(13-29)6-7-23(20)34-15-24(31)32/h1-7,10-12,25H,8-9,14-15H2,(H,31,32). The maximum absolute atomic E-state index is 14.3. The Balaban J connectivity index is 1.70. The Labute approximate surface area is 204 Å². The molecular formula is C26H20F2N2O6. The van der Waals surface area contributed by atoms with Gasteiger partial charge in [0.1, 0.15) is 18.4 Å². The molecule has 1 N–H and O–H groups in total. The van der Waals surface area contributed by atoms with E-state index in [0.717, 1.165) is 17.7 Å². The lowest BCUT2D eigenvalue weighted by atomic mass is 9.88. The molecule has 0 saturated heterocycles. The average molecular weight is 494 g/mol. The minimum Gasteiger partial charge on any atom is -0.482 e. The molecule has 1 atom stereocenters. The molecule has 0 radical (unpaired) electrons. The molecule has 0 fully saturated rings. The number of hydrogen-bond donors (Lipinski definition) is 1. The van der Waals surface area contributed by atoms with Crippen LogP contribution in [0.25, 0.3) is 0 Å². The Bertz CT molecular complexity index is 1330. The van der Waals surface area contributed by atoms with Crippen molar-refractivity contribution in [1.82, 2.24) is 5.06 Å². The second-order valence-electron chi connectivity index (χ2n) is 7.92. The smallest absolute Gasteiger partial charge is 0.482 e. The number of carboxylic acids is 1. The summed E-state index contributed by atoms with van der Waals surface area (Å²) in [5.41, 5.74) is 1.90. The van der Waals surface area contributed by atoms with Crippen molar-refractivity contribution in [2.45, 2.75) is 19.1 Å². The van der Waals surface area contributed by atoms with E-state index in [4.69, 9.17) is 19.4 Å². The van der Waals surface area contributed by atoms with Gasteiger partial charge in [0, 0.05) is 12.1 Å². The van der Waals surface area contributed by atoms with Crippen molar-refractivity contribution in [1.29, 1.82) is 5.26 Å². The number of aliphatic carboxylic acids is 1. The minimum atomic E-state index is -1.24. The number of nitriles is 1. The number of carbonyl (C=O) groups excluding carboxylic acids is 1. The van der Waals surface area contributed by atoms with Crippen molar-refractivity contribution in [3.05, 3.63) is 100 Å². The molecule has 1 unspecified atom stereocenters. The number of carbonyl (C=O) groups is 2. The molecule has 3 aromatic rings. The molecule has 0 aliphatic carbocycles. The van der Waals surface area contributed by atoms with Crippen LogP contribution < -0.4 is 4.74 Å². The lowest BCUT2D eigenvalue weighted by Crippen LogP contribution is -2.38. The normalized spacial score (nSPS) is 14.9. The van der Waals surface area contributed by atoms with Gasteiger partial charge in [-0.15, -0.1) is 5.06 Å². The highest BCUT2D eigenvalue weighted by Gasteiger charge is 2.35. The molecule has 0 saturated carbocycles. The molecule has 0 aromatic heterocycles. The van der Waals surface area contributed by atoms with Crippen LogP contribution >= 0.6 is 0 Å². The molecule has 0 bridgehead atoms. The van der Waals surface area contributed by atoms with Crippen LogP contribution in [0.15, 0.2) is 60.7 Å². The SMILES string of the molecule is N#Cc1ccc(OCC(=O)O)c(C2c3cc(F)c(F)cc3CCN2OC(=O)OCc2ccccc2)c1. The Morgan fingerprint density at radius 3 is 2.53 bits per heavy atom. The van der Waals surface area contributed by atoms with Crippen LogP contribution in [0.3, 0.4) is 0 Å².